The molecule has 0 radical (unpaired) electrons. The van der Waals surface area contributed by atoms with Gasteiger partial charge in [0.05, 0.1) is 11.3 Å². The van der Waals surface area contributed by atoms with E-state index in [4.69, 9.17) is 0 Å². The van der Waals surface area contributed by atoms with Gasteiger partial charge in [0, 0.05) is 6.54 Å². The maximum atomic E-state index is 9.34. The minimum Gasteiger partial charge on any atom is -0.411 e. The van der Waals surface area contributed by atoms with Crippen molar-refractivity contribution in [3.63, 3.8) is 0 Å². The highest BCUT2D eigenvalue weighted by Gasteiger charge is 2.37. The highest BCUT2D eigenvalue weighted by atomic mass is 16.4. The number of hydrogen-bond acceptors (Lipinski definition) is 3. The molecule has 3 heteroatoms. The minimum absolute atomic E-state index is 0.226. The van der Waals surface area contributed by atoms with E-state index in [0.29, 0.717) is 5.92 Å². The van der Waals surface area contributed by atoms with Crippen molar-refractivity contribution in [2.75, 3.05) is 0 Å². The first-order chi connectivity index (χ1) is 9.55. The Morgan fingerprint density at radius 2 is 2.15 bits per heavy atom. The first-order valence-electron chi connectivity index (χ1n) is 7.21. The van der Waals surface area contributed by atoms with Crippen LogP contribution in [0.1, 0.15) is 38.7 Å². The second-order valence-electron chi connectivity index (χ2n) is 6.00. The lowest BCUT2D eigenvalue weighted by molar-refractivity contribution is 0.287. The Labute approximate surface area is 121 Å². The molecule has 1 aromatic carbocycles. The Morgan fingerprint density at radius 1 is 1.45 bits per heavy atom. The Balaban J connectivity index is 2.04. The summed E-state index contributed by atoms with van der Waals surface area (Å²) >= 11 is 0. The average Bonchev–Trinajstić information content (AvgIpc) is 2.46. The van der Waals surface area contributed by atoms with Crippen molar-refractivity contribution in [1.29, 1.82) is 0 Å². The molecule has 2 atom stereocenters. The van der Waals surface area contributed by atoms with E-state index in [0.717, 1.165) is 31.5 Å². The Morgan fingerprint density at radius 3 is 2.75 bits per heavy atom. The molecule has 0 amide bonds. The molecule has 1 aliphatic carbocycles. The van der Waals surface area contributed by atoms with Gasteiger partial charge in [-0.3, -0.25) is 0 Å². The van der Waals surface area contributed by atoms with Crippen LogP contribution in [0.25, 0.3) is 0 Å². The van der Waals surface area contributed by atoms with E-state index in [1.54, 1.807) is 0 Å². The van der Waals surface area contributed by atoms with Crippen LogP contribution in [-0.2, 0) is 6.54 Å². The quantitative estimate of drug-likeness (QED) is 0.498. The van der Waals surface area contributed by atoms with Crippen molar-refractivity contribution < 1.29 is 5.21 Å². The third-order valence-corrected chi connectivity index (χ3v) is 4.41. The fourth-order valence-corrected chi connectivity index (χ4v) is 2.82. The lowest BCUT2D eigenvalue weighted by atomic mass is 9.74. The zero-order valence-electron chi connectivity index (χ0n) is 12.4. The fraction of sp³-hybridized carbons (Fsp3) is 0.471. The highest BCUT2D eigenvalue weighted by Crippen LogP contribution is 2.33. The van der Waals surface area contributed by atoms with Gasteiger partial charge in [-0.15, -0.1) is 0 Å². The Hall–Kier alpha value is -1.61. The number of rotatable bonds is 4. The van der Waals surface area contributed by atoms with Crippen LogP contribution >= 0.6 is 0 Å². The molecular weight excluding hydrogens is 248 g/mol. The lowest BCUT2D eigenvalue weighted by Gasteiger charge is -2.39. The van der Waals surface area contributed by atoms with Crippen LogP contribution in [0.3, 0.4) is 0 Å². The Bertz CT molecular complexity index is 495. The molecular formula is C17H24N2O. The van der Waals surface area contributed by atoms with Gasteiger partial charge in [-0.1, -0.05) is 47.6 Å². The maximum Gasteiger partial charge on any atom is 0.0774 e. The minimum atomic E-state index is -0.226. The average molecular weight is 272 g/mol. The fourth-order valence-electron chi connectivity index (χ4n) is 2.82. The molecule has 108 valence electrons. The second-order valence-corrected chi connectivity index (χ2v) is 6.00. The normalized spacial score (nSPS) is 28.5. The van der Waals surface area contributed by atoms with Crippen LogP contribution in [-0.4, -0.2) is 16.5 Å². The van der Waals surface area contributed by atoms with E-state index >= 15 is 0 Å². The summed E-state index contributed by atoms with van der Waals surface area (Å²) in [5.41, 5.74) is 3.04. The van der Waals surface area contributed by atoms with E-state index in [9.17, 15) is 5.21 Å². The molecule has 1 aliphatic rings. The molecule has 2 N–H and O–H groups in total. The Kier molecular flexibility index (Phi) is 4.61. The molecule has 1 fully saturated rings. The van der Waals surface area contributed by atoms with Crippen LogP contribution in [0.5, 0.6) is 0 Å². The number of nitrogens with one attached hydrogen (secondary N) is 1. The first-order valence-corrected chi connectivity index (χ1v) is 7.21. The highest BCUT2D eigenvalue weighted by molar-refractivity contribution is 5.93. The molecule has 0 unspecified atom stereocenters. The van der Waals surface area contributed by atoms with Gasteiger partial charge in [0.25, 0.3) is 0 Å². The summed E-state index contributed by atoms with van der Waals surface area (Å²) in [7, 11) is 0. The molecule has 1 aromatic rings. The van der Waals surface area contributed by atoms with Gasteiger partial charge >= 0.3 is 0 Å². The number of benzene rings is 1. The van der Waals surface area contributed by atoms with Gasteiger partial charge in [0.1, 0.15) is 0 Å². The van der Waals surface area contributed by atoms with E-state index in [1.165, 1.54) is 11.1 Å². The van der Waals surface area contributed by atoms with E-state index in [1.807, 2.05) is 18.2 Å². The van der Waals surface area contributed by atoms with E-state index in [2.05, 4.69) is 43.0 Å². The SMILES string of the molecule is C=C(C)[C@H]1CC[C@](C)(NCc2ccccc2)/C(=N\O)C1. The third kappa shape index (κ3) is 3.28. The summed E-state index contributed by atoms with van der Waals surface area (Å²) in [6.45, 7) is 9.00. The number of nitrogens with zero attached hydrogens (tertiary/aromatic N) is 1. The second kappa shape index (κ2) is 6.23. The van der Waals surface area contributed by atoms with Crippen molar-refractivity contribution in [1.82, 2.24) is 5.32 Å². The summed E-state index contributed by atoms with van der Waals surface area (Å²) in [6.07, 6.45) is 2.85. The smallest absolute Gasteiger partial charge is 0.0774 e. The van der Waals surface area contributed by atoms with Gasteiger partial charge in [-0.05, 0) is 44.6 Å². The van der Waals surface area contributed by atoms with Crippen molar-refractivity contribution in [3.05, 3.63) is 48.0 Å². The maximum absolute atomic E-state index is 9.34. The van der Waals surface area contributed by atoms with Crippen molar-refractivity contribution in [2.24, 2.45) is 11.1 Å². The van der Waals surface area contributed by atoms with Crippen LogP contribution < -0.4 is 5.32 Å². The predicted molar refractivity (Wildman–Crippen MR) is 83.1 cm³/mol. The standard InChI is InChI=1S/C17H24N2O/c1-13(2)15-9-10-17(3,16(11-15)19-20)18-12-14-7-5-4-6-8-14/h4-8,15,18,20H,1,9-12H2,2-3H3/b19-16-/t15-,17-/m0/s1. The molecule has 0 heterocycles. The summed E-state index contributed by atoms with van der Waals surface area (Å²) < 4.78 is 0. The monoisotopic (exact) mass is 272 g/mol. The summed E-state index contributed by atoms with van der Waals surface area (Å²) in [6, 6.07) is 10.3. The van der Waals surface area contributed by atoms with Gasteiger partial charge in [0.2, 0.25) is 0 Å². The van der Waals surface area contributed by atoms with Crippen molar-refractivity contribution >= 4 is 5.71 Å². The summed E-state index contributed by atoms with van der Waals surface area (Å²) in [5.74, 6) is 0.438. The topological polar surface area (TPSA) is 44.6 Å². The van der Waals surface area contributed by atoms with Gasteiger partial charge in [-0.2, -0.15) is 0 Å². The molecule has 0 saturated heterocycles. The molecule has 0 spiro atoms. The molecule has 2 rings (SSSR count). The number of allylic oxidation sites excluding steroid dienone is 1. The van der Waals surface area contributed by atoms with Crippen molar-refractivity contribution in [3.8, 4) is 0 Å². The molecule has 20 heavy (non-hydrogen) atoms. The number of hydrogen-bond donors (Lipinski definition) is 2. The van der Waals surface area contributed by atoms with E-state index < -0.39 is 0 Å². The van der Waals surface area contributed by atoms with Crippen LogP contribution in [0.2, 0.25) is 0 Å². The van der Waals surface area contributed by atoms with Crippen LogP contribution in [0.4, 0.5) is 0 Å². The van der Waals surface area contributed by atoms with E-state index in [-0.39, 0.29) is 5.54 Å². The molecule has 0 aliphatic heterocycles. The largest absolute Gasteiger partial charge is 0.411 e. The zero-order valence-corrected chi connectivity index (χ0v) is 12.4. The predicted octanol–water partition coefficient (Wildman–Crippen LogP) is 3.74. The molecule has 1 saturated carbocycles. The van der Waals surface area contributed by atoms with Crippen LogP contribution in [0.15, 0.2) is 47.6 Å². The summed E-state index contributed by atoms with van der Waals surface area (Å²) in [5, 5.41) is 16.5. The van der Waals surface area contributed by atoms with Gasteiger partial charge in [0.15, 0.2) is 0 Å². The molecule has 3 nitrogen and oxygen atoms in total. The van der Waals surface area contributed by atoms with Crippen LogP contribution in [0, 0.1) is 5.92 Å². The lowest BCUT2D eigenvalue weighted by Crippen LogP contribution is -2.52. The van der Waals surface area contributed by atoms with Gasteiger partial charge in [-0.25, -0.2) is 0 Å². The number of oxime groups is 1. The third-order valence-electron chi connectivity index (χ3n) is 4.41. The summed E-state index contributed by atoms with van der Waals surface area (Å²) in [4.78, 5) is 0. The van der Waals surface area contributed by atoms with Gasteiger partial charge < -0.3 is 10.5 Å². The van der Waals surface area contributed by atoms with Crippen molar-refractivity contribution in [2.45, 2.75) is 45.2 Å². The molecule has 0 bridgehead atoms. The first kappa shape index (κ1) is 14.8. The zero-order chi connectivity index (χ0) is 14.6. The molecule has 0 aromatic heterocycles.